The third-order valence-corrected chi connectivity index (χ3v) is 3.76. The maximum atomic E-state index is 4.62. The number of aromatic nitrogens is 1. The fraction of sp³-hybridized carbons (Fsp3) is 0.500. The van der Waals surface area contributed by atoms with E-state index in [0.717, 1.165) is 49.3 Å². The number of pyridine rings is 1. The molecule has 114 valence electrons. The molecule has 1 N–H and O–H groups in total. The van der Waals surface area contributed by atoms with E-state index in [9.17, 15) is 0 Å². The SMILES string of the molecule is C=CCC[C@@H](c1cccc(Br)n1)N1CCNCC1.Cl.Cl. The first-order valence-corrected chi connectivity index (χ1v) is 7.28. The second-order valence-electron chi connectivity index (χ2n) is 4.55. The van der Waals surface area contributed by atoms with Crippen LogP contribution in [0.4, 0.5) is 0 Å². The number of nitrogens with one attached hydrogen (secondary N) is 1. The van der Waals surface area contributed by atoms with Crippen molar-refractivity contribution in [2.45, 2.75) is 18.9 Å². The van der Waals surface area contributed by atoms with Crippen LogP contribution in [0.2, 0.25) is 0 Å². The highest BCUT2D eigenvalue weighted by Crippen LogP contribution is 2.25. The van der Waals surface area contributed by atoms with Gasteiger partial charge in [-0.1, -0.05) is 12.1 Å². The van der Waals surface area contributed by atoms with E-state index >= 15 is 0 Å². The van der Waals surface area contributed by atoms with Gasteiger partial charge in [-0.25, -0.2) is 4.98 Å². The predicted molar refractivity (Wildman–Crippen MR) is 93.0 cm³/mol. The molecule has 1 aromatic heterocycles. The number of piperazine rings is 1. The maximum absolute atomic E-state index is 4.62. The van der Waals surface area contributed by atoms with Crippen LogP contribution in [0, 0.1) is 0 Å². The van der Waals surface area contributed by atoms with Crippen LogP contribution in [0.1, 0.15) is 24.6 Å². The van der Waals surface area contributed by atoms with Crippen LogP contribution in [-0.2, 0) is 0 Å². The van der Waals surface area contributed by atoms with Gasteiger partial charge >= 0.3 is 0 Å². The Morgan fingerprint density at radius 2 is 2.05 bits per heavy atom. The van der Waals surface area contributed by atoms with Gasteiger partial charge < -0.3 is 5.32 Å². The molecule has 0 aromatic carbocycles. The summed E-state index contributed by atoms with van der Waals surface area (Å²) in [4.78, 5) is 7.14. The van der Waals surface area contributed by atoms with Crippen LogP contribution in [0.15, 0.2) is 35.5 Å². The normalized spacial score (nSPS) is 16.6. The van der Waals surface area contributed by atoms with Gasteiger partial charge in [-0.3, -0.25) is 4.90 Å². The number of halogens is 3. The Kier molecular flexibility index (Phi) is 10.5. The van der Waals surface area contributed by atoms with Crippen molar-refractivity contribution in [2.75, 3.05) is 26.2 Å². The zero-order chi connectivity index (χ0) is 12.8. The van der Waals surface area contributed by atoms with Gasteiger partial charge in [0.25, 0.3) is 0 Å². The molecule has 3 nitrogen and oxygen atoms in total. The summed E-state index contributed by atoms with van der Waals surface area (Å²) in [6.07, 6.45) is 4.11. The van der Waals surface area contributed by atoms with Gasteiger partial charge in [-0.05, 0) is 40.9 Å². The summed E-state index contributed by atoms with van der Waals surface area (Å²) in [6.45, 7) is 8.15. The van der Waals surface area contributed by atoms with E-state index in [0.29, 0.717) is 6.04 Å². The van der Waals surface area contributed by atoms with Gasteiger partial charge in [0.05, 0.1) is 11.7 Å². The zero-order valence-corrected chi connectivity index (χ0v) is 14.6. The first kappa shape index (κ1) is 19.9. The Hall–Kier alpha value is -0.130. The molecule has 0 aliphatic carbocycles. The fourth-order valence-electron chi connectivity index (χ4n) is 2.40. The van der Waals surface area contributed by atoms with Gasteiger partial charge in [0.2, 0.25) is 0 Å². The van der Waals surface area contributed by atoms with E-state index in [-0.39, 0.29) is 24.8 Å². The van der Waals surface area contributed by atoms with Crippen LogP contribution in [-0.4, -0.2) is 36.1 Å². The van der Waals surface area contributed by atoms with Crippen molar-refractivity contribution in [1.29, 1.82) is 0 Å². The molecular formula is C14H22BrCl2N3. The highest BCUT2D eigenvalue weighted by molar-refractivity contribution is 9.10. The Morgan fingerprint density at radius 1 is 1.35 bits per heavy atom. The van der Waals surface area contributed by atoms with E-state index in [1.54, 1.807) is 0 Å². The summed E-state index contributed by atoms with van der Waals surface area (Å²) in [5.74, 6) is 0. The molecule has 1 aliphatic heterocycles. The lowest BCUT2D eigenvalue weighted by molar-refractivity contribution is 0.163. The van der Waals surface area contributed by atoms with Gasteiger partial charge in [0.1, 0.15) is 4.60 Å². The van der Waals surface area contributed by atoms with Crippen LogP contribution < -0.4 is 5.32 Å². The van der Waals surface area contributed by atoms with Crippen molar-refractivity contribution in [2.24, 2.45) is 0 Å². The molecule has 0 amide bonds. The molecule has 0 unspecified atom stereocenters. The molecule has 1 aromatic rings. The Labute approximate surface area is 142 Å². The number of hydrogen-bond donors (Lipinski definition) is 1. The summed E-state index contributed by atoms with van der Waals surface area (Å²) in [6, 6.07) is 6.57. The second kappa shape index (κ2) is 10.6. The van der Waals surface area contributed by atoms with E-state index in [2.05, 4.69) is 49.8 Å². The first-order chi connectivity index (χ1) is 8.81. The third kappa shape index (κ3) is 5.70. The summed E-state index contributed by atoms with van der Waals surface area (Å²) in [5.41, 5.74) is 1.16. The Balaban J connectivity index is 0.00000180. The largest absolute Gasteiger partial charge is 0.314 e. The van der Waals surface area contributed by atoms with E-state index in [4.69, 9.17) is 0 Å². The average Bonchev–Trinajstić information content (AvgIpc) is 2.40. The standard InChI is InChI=1S/C14H20BrN3.2ClH/c1-2-3-6-13(18-10-8-16-9-11-18)12-5-4-7-14(15)17-12;;/h2,4-5,7,13,16H,1,3,6,8-11H2;2*1H/t13-;;/m0../s1. The molecule has 1 saturated heterocycles. The van der Waals surface area contributed by atoms with E-state index in [1.165, 1.54) is 0 Å². The zero-order valence-electron chi connectivity index (χ0n) is 11.4. The summed E-state index contributed by atoms with van der Waals surface area (Å²) in [7, 11) is 0. The quantitative estimate of drug-likeness (QED) is 0.622. The minimum absolute atomic E-state index is 0. The van der Waals surface area contributed by atoms with E-state index in [1.807, 2.05) is 12.1 Å². The molecule has 0 radical (unpaired) electrons. The minimum Gasteiger partial charge on any atom is -0.314 e. The lowest BCUT2D eigenvalue weighted by Gasteiger charge is -2.34. The van der Waals surface area contributed by atoms with Gasteiger partial charge in [0, 0.05) is 26.2 Å². The molecule has 1 fully saturated rings. The number of hydrogen-bond acceptors (Lipinski definition) is 3. The van der Waals surface area contributed by atoms with Crippen LogP contribution in [0.5, 0.6) is 0 Å². The van der Waals surface area contributed by atoms with Crippen LogP contribution in [0.25, 0.3) is 0 Å². The smallest absolute Gasteiger partial charge is 0.106 e. The minimum atomic E-state index is 0. The van der Waals surface area contributed by atoms with Crippen LogP contribution >= 0.6 is 40.7 Å². The lowest BCUT2D eigenvalue weighted by Crippen LogP contribution is -2.45. The van der Waals surface area contributed by atoms with Crippen molar-refractivity contribution in [1.82, 2.24) is 15.2 Å². The molecule has 2 rings (SSSR count). The van der Waals surface area contributed by atoms with Crippen molar-refractivity contribution < 1.29 is 0 Å². The highest BCUT2D eigenvalue weighted by atomic mass is 79.9. The maximum Gasteiger partial charge on any atom is 0.106 e. The molecule has 0 bridgehead atoms. The number of allylic oxidation sites excluding steroid dienone is 1. The lowest BCUT2D eigenvalue weighted by atomic mass is 10.0. The van der Waals surface area contributed by atoms with Crippen molar-refractivity contribution in [3.8, 4) is 0 Å². The highest BCUT2D eigenvalue weighted by Gasteiger charge is 2.22. The molecule has 2 heterocycles. The average molecular weight is 383 g/mol. The third-order valence-electron chi connectivity index (χ3n) is 3.31. The summed E-state index contributed by atoms with van der Waals surface area (Å²) in [5, 5.41) is 3.40. The Morgan fingerprint density at radius 3 is 2.65 bits per heavy atom. The topological polar surface area (TPSA) is 28.2 Å². The van der Waals surface area contributed by atoms with Crippen molar-refractivity contribution >= 4 is 40.7 Å². The molecule has 6 heteroatoms. The molecular weight excluding hydrogens is 361 g/mol. The fourth-order valence-corrected chi connectivity index (χ4v) is 2.75. The van der Waals surface area contributed by atoms with Gasteiger partial charge in [-0.2, -0.15) is 0 Å². The number of nitrogens with zero attached hydrogens (tertiary/aromatic N) is 2. The monoisotopic (exact) mass is 381 g/mol. The van der Waals surface area contributed by atoms with Gasteiger partial charge in [-0.15, -0.1) is 31.4 Å². The molecule has 1 atom stereocenters. The molecule has 0 spiro atoms. The summed E-state index contributed by atoms with van der Waals surface area (Å²) < 4.78 is 0.915. The molecule has 20 heavy (non-hydrogen) atoms. The second-order valence-corrected chi connectivity index (χ2v) is 5.37. The molecule has 0 saturated carbocycles. The van der Waals surface area contributed by atoms with Crippen molar-refractivity contribution in [3.63, 3.8) is 0 Å². The van der Waals surface area contributed by atoms with Gasteiger partial charge in [0.15, 0.2) is 0 Å². The predicted octanol–water partition coefficient (Wildman–Crippen LogP) is 3.60. The van der Waals surface area contributed by atoms with Crippen LogP contribution in [0.3, 0.4) is 0 Å². The van der Waals surface area contributed by atoms with E-state index < -0.39 is 0 Å². The Bertz CT molecular complexity index is 398. The summed E-state index contributed by atoms with van der Waals surface area (Å²) >= 11 is 3.46. The first-order valence-electron chi connectivity index (χ1n) is 6.49. The van der Waals surface area contributed by atoms with Crippen molar-refractivity contribution in [3.05, 3.63) is 41.2 Å². The molecule has 1 aliphatic rings. The number of rotatable bonds is 5.